The Morgan fingerprint density at radius 2 is 1.08 bits per heavy atom. The van der Waals surface area contributed by atoms with Crippen LogP contribution in [-0.2, 0) is 30.0 Å². The van der Waals surface area contributed by atoms with Gasteiger partial charge >= 0.3 is 81.7 Å². The van der Waals surface area contributed by atoms with Gasteiger partial charge in [0.05, 0.1) is 0 Å². The van der Waals surface area contributed by atoms with Crippen molar-refractivity contribution in [1.82, 2.24) is 0 Å². The summed E-state index contributed by atoms with van der Waals surface area (Å²) >= 11 is -3.02. The minimum absolute atomic E-state index is 0.698. The molecule has 0 saturated heterocycles. The average molecular weight is 255 g/mol. The van der Waals surface area contributed by atoms with E-state index in [-0.39, 0.29) is 0 Å². The van der Waals surface area contributed by atoms with Crippen LogP contribution in [0.25, 0.3) is 0 Å². The molecule has 0 saturated carbocycles. The molecule has 0 aliphatic carbocycles. The van der Waals surface area contributed by atoms with Crippen molar-refractivity contribution in [2.75, 3.05) is 19.8 Å². The van der Waals surface area contributed by atoms with E-state index in [1.807, 2.05) is 20.8 Å². The molecule has 0 aromatic carbocycles. The molecule has 0 heterocycles. The van der Waals surface area contributed by atoms with E-state index in [4.69, 9.17) is 8.44 Å². The summed E-state index contributed by atoms with van der Waals surface area (Å²) < 4.78 is 17.8. The van der Waals surface area contributed by atoms with Crippen molar-refractivity contribution in [1.29, 1.82) is 0 Å². The topological polar surface area (TPSA) is 27.7 Å². The van der Waals surface area contributed by atoms with E-state index >= 15 is 0 Å². The van der Waals surface area contributed by atoms with Gasteiger partial charge in [-0.15, -0.1) is 0 Å². The zero-order valence-corrected chi connectivity index (χ0v) is 11.0. The molecule has 74 valence electrons. The predicted molar refractivity (Wildman–Crippen MR) is 45.4 cm³/mol. The van der Waals surface area contributed by atoms with Gasteiger partial charge < -0.3 is 0 Å². The van der Waals surface area contributed by atoms with Crippen molar-refractivity contribution < 1.29 is 30.0 Å². The first-order chi connectivity index (χ1) is 5.74. The summed E-state index contributed by atoms with van der Waals surface area (Å²) in [5.41, 5.74) is 0. The Kier molecular flexibility index (Phi) is 7.65. The molecule has 0 unspecified atom stereocenters. The van der Waals surface area contributed by atoms with Crippen molar-refractivity contribution in [3.8, 4) is 0 Å². The Hall–Kier alpha value is 0.763. The molecule has 0 aliphatic heterocycles. The summed E-state index contributed by atoms with van der Waals surface area (Å²) in [6.07, 6.45) is 0. The van der Waals surface area contributed by atoms with Crippen molar-refractivity contribution >= 4 is 0 Å². The van der Waals surface area contributed by atoms with E-state index in [0.29, 0.717) is 19.8 Å². The maximum atomic E-state index is 5.63. The van der Waals surface area contributed by atoms with Crippen molar-refractivity contribution in [3.05, 3.63) is 0 Å². The monoisotopic (exact) mass is 254 g/mol. The summed E-state index contributed by atoms with van der Waals surface area (Å²) in [4.78, 5) is 0. The second-order valence-corrected chi connectivity index (χ2v) is 9.56. The molecule has 0 aliphatic rings. The second-order valence-electron chi connectivity index (χ2n) is 2.34. The van der Waals surface area contributed by atoms with Crippen LogP contribution in [0.4, 0.5) is 0 Å². The second kappa shape index (κ2) is 7.19. The Morgan fingerprint density at radius 1 is 0.750 bits per heavy atom. The predicted octanol–water partition coefficient (Wildman–Crippen LogP) is 2.43. The van der Waals surface area contributed by atoms with Crippen LogP contribution in [0.2, 0.25) is 4.13 Å². The Labute approximate surface area is 81.7 Å². The molecule has 4 heteroatoms. The Bertz CT molecular complexity index is 91.5. The number of rotatable bonds is 7. The average Bonchev–Trinajstić information content (AvgIpc) is 2.06. The van der Waals surface area contributed by atoms with Gasteiger partial charge in [-0.3, -0.25) is 0 Å². The van der Waals surface area contributed by atoms with Gasteiger partial charge in [0.2, 0.25) is 0 Å². The van der Waals surface area contributed by atoms with Gasteiger partial charge in [0, 0.05) is 0 Å². The summed E-state index contributed by atoms with van der Waals surface area (Å²) in [5.74, 6) is 0. The maximum absolute atomic E-state index is 5.63. The van der Waals surface area contributed by atoms with Crippen LogP contribution < -0.4 is 0 Å². The SMILES string of the molecule is CC[O][Zr]([CH2]C)([O]CC)[O]CC. The van der Waals surface area contributed by atoms with Crippen LogP contribution >= 0.6 is 0 Å². The molecule has 0 atom stereocenters. The van der Waals surface area contributed by atoms with Crippen LogP contribution in [0.3, 0.4) is 0 Å². The van der Waals surface area contributed by atoms with Crippen LogP contribution in [-0.4, -0.2) is 19.8 Å². The third-order valence-corrected chi connectivity index (χ3v) is 9.03. The quantitative estimate of drug-likeness (QED) is 0.699. The first-order valence-corrected chi connectivity index (χ1v) is 9.41. The fraction of sp³-hybridized carbons (Fsp3) is 1.00. The molecule has 0 aromatic heterocycles. The van der Waals surface area contributed by atoms with Crippen molar-refractivity contribution in [2.24, 2.45) is 0 Å². The van der Waals surface area contributed by atoms with Gasteiger partial charge in [-0.05, 0) is 0 Å². The molecule has 0 radical (unpaired) electrons. The van der Waals surface area contributed by atoms with E-state index in [0.717, 1.165) is 4.13 Å². The minimum atomic E-state index is -3.02. The fourth-order valence-corrected chi connectivity index (χ4v) is 6.45. The van der Waals surface area contributed by atoms with Crippen LogP contribution in [0.15, 0.2) is 0 Å². The molecule has 0 bridgehead atoms. The molecule has 0 spiro atoms. The first kappa shape index (κ1) is 12.8. The van der Waals surface area contributed by atoms with Gasteiger partial charge in [-0.1, -0.05) is 0 Å². The normalized spacial score (nSPS) is 12.0. The van der Waals surface area contributed by atoms with Crippen LogP contribution in [0.5, 0.6) is 0 Å². The van der Waals surface area contributed by atoms with Gasteiger partial charge in [0.15, 0.2) is 0 Å². The molecule has 12 heavy (non-hydrogen) atoms. The molecular weight excluding hydrogens is 235 g/mol. The zero-order valence-electron chi connectivity index (χ0n) is 8.55. The zero-order chi connectivity index (χ0) is 9.45. The third kappa shape index (κ3) is 4.13. The van der Waals surface area contributed by atoms with Gasteiger partial charge in [0.1, 0.15) is 0 Å². The summed E-state index contributed by atoms with van der Waals surface area (Å²) in [6.45, 7) is 10.1. The van der Waals surface area contributed by atoms with Crippen molar-refractivity contribution in [2.45, 2.75) is 31.8 Å². The fourth-order valence-electron chi connectivity index (χ4n) is 1.09. The molecule has 0 aromatic rings. The van der Waals surface area contributed by atoms with E-state index in [2.05, 4.69) is 6.92 Å². The van der Waals surface area contributed by atoms with Crippen LogP contribution in [0.1, 0.15) is 27.7 Å². The van der Waals surface area contributed by atoms with E-state index in [1.165, 1.54) is 0 Å². The Balaban J connectivity index is 4.06. The van der Waals surface area contributed by atoms with E-state index < -0.39 is 21.6 Å². The van der Waals surface area contributed by atoms with Gasteiger partial charge in [0.25, 0.3) is 0 Å². The van der Waals surface area contributed by atoms with E-state index in [9.17, 15) is 0 Å². The van der Waals surface area contributed by atoms with Crippen LogP contribution in [0, 0.1) is 0 Å². The first-order valence-electron chi connectivity index (χ1n) is 4.66. The standard InChI is InChI=1S/3C2H5O.C2H5.Zr/c3*1-2-3;1-2;/h3*2H2,1H3;1H2,2H3;/q3*-1;;+3. The summed E-state index contributed by atoms with van der Waals surface area (Å²) in [6, 6.07) is 0. The summed E-state index contributed by atoms with van der Waals surface area (Å²) in [5, 5.41) is 0. The third-order valence-electron chi connectivity index (χ3n) is 1.53. The summed E-state index contributed by atoms with van der Waals surface area (Å²) in [7, 11) is 0. The van der Waals surface area contributed by atoms with Crippen molar-refractivity contribution in [3.63, 3.8) is 0 Å². The number of hydrogen-bond donors (Lipinski definition) is 0. The molecular formula is C8H20O3Zr. The van der Waals surface area contributed by atoms with E-state index in [1.54, 1.807) is 0 Å². The molecule has 0 rings (SSSR count). The number of hydrogen-bond acceptors (Lipinski definition) is 3. The molecule has 0 amide bonds. The molecule has 0 N–H and O–H groups in total. The molecule has 0 fully saturated rings. The van der Waals surface area contributed by atoms with Gasteiger partial charge in [-0.2, -0.15) is 0 Å². The van der Waals surface area contributed by atoms with Gasteiger partial charge in [-0.25, -0.2) is 0 Å². The Morgan fingerprint density at radius 3 is 1.25 bits per heavy atom. The molecule has 3 nitrogen and oxygen atoms in total.